The van der Waals surface area contributed by atoms with Gasteiger partial charge in [0, 0.05) is 12.0 Å². The zero-order chi connectivity index (χ0) is 19.3. The Hall–Kier alpha value is -2.38. The van der Waals surface area contributed by atoms with Crippen LogP contribution in [0.4, 0.5) is 0 Å². The van der Waals surface area contributed by atoms with Crippen molar-refractivity contribution < 1.29 is 34.4 Å². The second-order valence-corrected chi connectivity index (χ2v) is 5.96. The Kier molecular flexibility index (Phi) is 7.14. The van der Waals surface area contributed by atoms with E-state index in [1.54, 1.807) is 0 Å². The molecule has 1 unspecified atom stereocenters. The van der Waals surface area contributed by atoms with Gasteiger partial charge in [0.25, 0.3) is 0 Å². The number of carbonyl (C=O) groups is 3. The van der Waals surface area contributed by atoms with Gasteiger partial charge in [-0.05, 0) is 37.5 Å². The van der Waals surface area contributed by atoms with Crippen LogP contribution in [-0.4, -0.2) is 45.9 Å². The van der Waals surface area contributed by atoms with E-state index in [9.17, 15) is 29.7 Å². The summed E-state index contributed by atoms with van der Waals surface area (Å²) in [6, 6.07) is 1.18. The fourth-order valence-corrected chi connectivity index (χ4v) is 2.66. The molecule has 0 heterocycles. The maximum absolute atomic E-state index is 11.4. The topological polar surface area (TPSA) is 121 Å². The lowest BCUT2D eigenvalue weighted by atomic mass is 9.93. The van der Waals surface area contributed by atoms with Crippen LogP contribution >= 0.6 is 11.6 Å². The van der Waals surface area contributed by atoms with Crippen molar-refractivity contribution in [3.05, 3.63) is 45.5 Å². The lowest BCUT2D eigenvalue weighted by Gasteiger charge is -2.17. The number of aromatic carboxylic acids is 2. The summed E-state index contributed by atoms with van der Waals surface area (Å²) in [5, 5.41) is 27.9. The summed E-state index contributed by atoms with van der Waals surface area (Å²) in [6.07, 6.45) is -0.658. The summed E-state index contributed by atoms with van der Waals surface area (Å²) in [7, 11) is 0. The van der Waals surface area contributed by atoms with E-state index in [0.29, 0.717) is 11.1 Å². The van der Waals surface area contributed by atoms with E-state index in [1.165, 1.54) is 19.9 Å². The number of aliphatic hydroxyl groups is 1. The summed E-state index contributed by atoms with van der Waals surface area (Å²) in [6.45, 7) is 6.34. The van der Waals surface area contributed by atoms with Crippen LogP contribution in [0.1, 0.15) is 45.7 Å². The molecule has 8 heteroatoms. The molecule has 0 radical (unpaired) electrons. The van der Waals surface area contributed by atoms with E-state index < -0.39 is 35.1 Å². The van der Waals surface area contributed by atoms with Crippen LogP contribution in [0.3, 0.4) is 0 Å². The monoisotopic (exact) mass is 370 g/mol. The summed E-state index contributed by atoms with van der Waals surface area (Å²) >= 11 is 6.14. The zero-order valence-corrected chi connectivity index (χ0v) is 14.6. The standard InChI is InChI=1S/C17H19ClO7/c1-8(2)17(24)25-5-4-11-10(6-9(3)19)7-12(15(20)21)13(14(11)18)16(22)23/h7,9,19H,1,4-6H2,2-3H3,(H,20,21)(H,22,23). The molecule has 1 aromatic carbocycles. The number of carboxylic acids is 2. The number of ether oxygens (including phenoxy) is 1. The molecule has 0 aliphatic rings. The molecule has 0 saturated heterocycles. The Morgan fingerprint density at radius 2 is 1.88 bits per heavy atom. The normalized spacial score (nSPS) is 11.7. The quantitative estimate of drug-likeness (QED) is 0.474. The highest BCUT2D eigenvalue weighted by molar-refractivity contribution is 6.35. The second kappa shape index (κ2) is 8.64. The van der Waals surface area contributed by atoms with Gasteiger partial charge in [-0.25, -0.2) is 14.4 Å². The molecule has 1 aromatic rings. The fraction of sp³-hybridized carbons (Fsp3) is 0.353. The van der Waals surface area contributed by atoms with Crippen molar-refractivity contribution in [3.8, 4) is 0 Å². The molecule has 7 nitrogen and oxygen atoms in total. The molecule has 0 aromatic heterocycles. The van der Waals surface area contributed by atoms with Crippen LogP contribution in [0.15, 0.2) is 18.2 Å². The van der Waals surface area contributed by atoms with Crippen molar-refractivity contribution in [3.63, 3.8) is 0 Å². The van der Waals surface area contributed by atoms with Crippen LogP contribution in [0.2, 0.25) is 5.02 Å². The van der Waals surface area contributed by atoms with Gasteiger partial charge in [0.05, 0.1) is 28.9 Å². The first kappa shape index (κ1) is 20.7. The molecule has 0 spiro atoms. The minimum atomic E-state index is -1.48. The van der Waals surface area contributed by atoms with E-state index in [1.807, 2.05) is 0 Å². The summed E-state index contributed by atoms with van der Waals surface area (Å²) in [4.78, 5) is 34.2. The number of esters is 1. The molecule has 0 aliphatic heterocycles. The van der Waals surface area contributed by atoms with Crippen LogP contribution in [0, 0.1) is 0 Å². The van der Waals surface area contributed by atoms with Crippen LogP contribution in [0.25, 0.3) is 0 Å². The second-order valence-electron chi connectivity index (χ2n) is 5.58. The number of aliphatic hydroxyl groups excluding tert-OH is 1. The minimum absolute atomic E-state index is 0.0695. The summed E-state index contributed by atoms with van der Waals surface area (Å²) in [5.41, 5.74) is -0.0865. The fourth-order valence-electron chi connectivity index (χ4n) is 2.26. The average Bonchev–Trinajstić information content (AvgIpc) is 2.47. The molecule has 0 fully saturated rings. The van der Waals surface area contributed by atoms with Gasteiger partial charge in [0.2, 0.25) is 0 Å². The molecule has 0 amide bonds. The van der Waals surface area contributed by atoms with Gasteiger partial charge in [-0.3, -0.25) is 0 Å². The van der Waals surface area contributed by atoms with Crippen LogP contribution in [-0.2, 0) is 22.4 Å². The number of hydrogen-bond acceptors (Lipinski definition) is 5. The molecule has 136 valence electrons. The lowest BCUT2D eigenvalue weighted by Crippen LogP contribution is -2.16. The number of hydrogen-bond donors (Lipinski definition) is 3. The number of carboxylic acid groups (broad SMARTS) is 2. The molecular weight excluding hydrogens is 352 g/mol. The molecule has 1 rings (SSSR count). The maximum Gasteiger partial charge on any atom is 0.338 e. The van der Waals surface area contributed by atoms with Crippen LogP contribution < -0.4 is 0 Å². The Labute approximate surface area is 149 Å². The van der Waals surface area contributed by atoms with Gasteiger partial charge >= 0.3 is 17.9 Å². The maximum atomic E-state index is 11.4. The third kappa shape index (κ3) is 5.30. The average molecular weight is 371 g/mol. The van der Waals surface area contributed by atoms with E-state index in [4.69, 9.17) is 16.3 Å². The Morgan fingerprint density at radius 1 is 1.28 bits per heavy atom. The molecule has 1 atom stereocenters. The first-order valence-corrected chi connectivity index (χ1v) is 7.75. The lowest BCUT2D eigenvalue weighted by molar-refractivity contribution is -0.138. The van der Waals surface area contributed by atoms with Crippen molar-refractivity contribution in [1.82, 2.24) is 0 Å². The first-order chi connectivity index (χ1) is 11.6. The predicted octanol–water partition coefficient (Wildman–Crippen LogP) is 2.32. The van der Waals surface area contributed by atoms with Gasteiger partial charge < -0.3 is 20.1 Å². The van der Waals surface area contributed by atoms with Crippen molar-refractivity contribution in [2.45, 2.75) is 32.8 Å². The molecule has 3 N–H and O–H groups in total. The number of rotatable bonds is 8. The highest BCUT2D eigenvalue weighted by Crippen LogP contribution is 2.30. The van der Waals surface area contributed by atoms with Gasteiger partial charge in [-0.1, -0.05) is 18.2 Å². The largest absolute Gasteiger partial charge is 0.478 e. The number of benzene rings is 1. The van der Waals surface area contributed by atoms with E-state index in [0.717, 1.165) is 0 Å². The molecular formula is C17H19ClO7. The van der Waals surface area contributed by atoms with Crippen molar-refractivity contribution >= 4 is 29.5 Å². The van der Waals surface area contributed by atoms with Gasteiger partial charge in [0.1, 0.15) is 0 Å². The zero-order valence-electron chi connectivity index (χ0n) is 13.8. The third-order valence-corrected chi connectivity index (χ3v) is 3.77. The highest BCUT2D eigenvalue weighted by Gasteiger charge is 2.25. The smallest absolute Gasteiger partial charge is 0.338 e. The van der Waals surface area contributed by atoms with E-state index in [-0.39, 0.29) is 30.0 Å². The van der Waals surface area contributed by atoms with E-state index >= 15 is 0 Å². The van der Waals surface area contributed by atoms with Gasteiger partial charge in [-0.15, -0.1) is 0 Å². The van der Waals surface area contributed by atoms with Gasteiger partial charge in [-0.2, -0.15) is 0 Å². The Morgan fingerprint density at radius 3 is 2.32 bits per heavy atom. The molecule has 25 heavy (non-hydrogen) atoms. The first-order valence-electron chi connectivity index (χ1n) is 7.37. The minimum Gasteiger partial charge on any atom is -0.478 e. The number of halogens is 1. The van der Waals surface area contributed by atoms with Crippen LogP contribution in [0.5, 0.6) is 0 Å². The molecule has 0 saturated carbocycles. The highest BCUT2D eigenvalue weighted by atomic mass is 35.5. The van der Waals surface area contributed by atoms with Crippen molar-refractivity contribution in [2.75, 3.05) is 6.61 Å². The summed E-state index contributed by atoms with van der Waals surface area (Å²) in [5.74, 6) is -3.52. The molecule has 0 bridgehead atoms. The predicted molar refractivity (Wildman–Crippen MR) is 90.2 cm³/mol. The SMILES string of the molecule is C=C(C)C(=O)OCCc1c(CC(C)O)cc(C(=O)O)c(C(=O)O)c1Cl. The molecule has 0 aliphatic carbocycles. The summed E-state index contributed by atoms with van der Waals surface area (Å²) < 4.78 is 4.98. The number of carbonyl (C=O) groups excluding carboxylic acids is 1. The Bertz CT molecular complexity index is 722. The van der Waals surface area contributed by atoms with Crippen molar-refractivity contribution in [2.24, 2.45) is 0 Å². The van der Waals surface area contributed by atoms with Gasteiger partial charge in [0.15, 0.2) is 0 Å². The third-order valence-electron chi connectivity index (χ3n) is 3.35. The Balaban J connectivity index is 3.34. The van der Waals surface area contributed by atoms with Crippen molar-refractivity contribution in [1.29, 1.82) is 0 Å². The van der Waals surface area contributed by atoms with E-state index in [2.05, 4.69) is 6.58 Å².